The summed E-state index contributed by atoms with van der Waals surface area (Å²) in [7, 11) is 1.42. The van der Waals surface area contributed by atoms with E-state index in [1.807, 2.05) is 48.5 Å². The number of hydrogen-bond donors (Lipinski definition) is 0. The quantitative estimate of drug-likeness (QED) is 0.686. The molecule has 0 saturated carbocycles. The van der Waals surface area contributed by atoms with E-state index in [-0.39, 0.29) is 11.9 Å². The van der Waals surface area contributed by atoms with Crippen molar-refractivity contribution in [1.82, 2.24) is 0 Å². The minimum atomic E-state index is -0.476. The van der Waals surface area contributed by atoms with E-state index >= 15 is 0 Å². The van der Waals surface area contributed by atoms with Gasteiger partial charge in [0.1, 0.15) is 0 Å². The standard InChI is InChI=1S/C21H17NO2/c1-24-21(23)20-18(19(22-20)15-9-3-2-4-10-15)17-13-7-11-14-8-5-6-12-16(14)17/h2-13,18,20H,1H3/t18-,20+/m1/s1. The Kier molecular flexibility index (Phi) is 3.62. The van der Waals surface area contributed by atoms with E-state index in [1.54, 1.807) is 0 Å². The molecule has 0 amide bonds. The molecule has 0 N–H and O–H groups in total. The third kappa shape index (κ3) is 2.29. The van der Waals surface area contributed by atoms with Gasteiger partial charge < -0.3 is 4.74 Å². The van der Waals surface area contributed by atoms with Crippen LogP contribution in [-0.4, -0.2) is 24.8 Å². The van der Waals surface area contributed by atoms with Crippen molar-refractivity contribution in [2.75, 3.05) is 7.11 Å². The number of carbonyl (C=O) groups is 1. The first-order valence-electron chi connectivity index (χ1n) is 7.98. The second-order valence-electron chi connectivity index (χ2n) is 5.89. The van der Waals surface area contributed by atoms with Gasteiger partial charge in [0.05, 0.1) is 18.7 Å². The summed E-state index contributed by atoms with van der Waals surface area (Å²) in [5.74, 6) is -0.362. The Labute approximate surface area is 140 Å². The zero-order valence-corrected chi connectivity index (χ0v) is 13.3. The van der Waals surface area contributed by atoms with Crippen LogP contribution >= 0.6 is 0 Å². The molecule has 1 heterocycles. The molecule has 24 heavy (non-hydrogen) atoms. The zero-order valence-electron chi connectivity index (χ0n) is 13.3. The largest absolute Gasteiger partial charge is 0.467 e. The average molecular weight is 315 g/mol. The van der Waals surface area contributed by atoms with Crippen LogP contribution in [0.3, 0.4) is 0 Å². The lowest BCUT2D eigenvalue weighted by Gasteiger charge is -2.34. The van der Waals surface area contributed by atoms with Crippen molar-refractivity contribution in [3.63, 3.8) is 0 Å². The predicted molar refractivity (Wildman–Crippen MR) is 95.5 cm³/mol. The molecule has 0 saturated heterocycles. The third-order valence-electron chi connectivity index (χ3n) is 4.56. The summed E-state index contributed by atoms with van der Waals surface area (Å²) in [4.78, 5) is 16.7. The average Bonchev–Trinajstić information content (AvgIpc) is 2.62. The van der Waals surface area contributed by atoms with Crippen LogP contribution in [0.25, 0.3) is 10.8 Å². The SMILES string of the molecule is COC(=O)[C@H]1N=C(c2ccccc2)[C@H]1c1cccc2ccccc12. The Morgan fingerprint density at radius 1 is 0.917 bits per heavy atom. The van der Waals surface area contributed by atoms with E-state index < -0.39 is 6.04 Å². The lowest BCUT2D eigenvalue weighted by molar-refractivity contribution is -0.142. The number of methoxy groups -OCH3 is 1. The molecule has 0 unspecified atom stereocenters. The Morgan fingerprint density at radius 3 is 2.42 bits per heavy atom. The number of nitrogens with zero attached hydrogens (tertiary/aromatic N) is 1. The van der Waals surface area contributed by atoms with Crippen LogP contribution in [0, 0.1) is 0 Å². The summed E-state index contributed by atoms with van der Waals surface area (Å²) >= 11 is 0. The van der Waals surface area contributed by atoms with Crippen molar-refractivity contribution in [3.05, 3.63) is 83.9 Å². The first-order valence-corrected chi connectivity index (χ1v) is 7.98. The van der Waals surface area contributed by atoms with Crippen LogP contribution in [0.15, 0.2) is 77.8 Å². The van der Waals surface area contributed by atoms with Gasteiger partial charge in [-0.2, -0.15) is 0 Å². The molecule has 0 fully saturated rings. The van der Waals surface area contributed by atoms with Crippen LogP contribution < -0.4 is 0 Å². The van der Waals surface area contributed by atoms with E-state index in [1.165, 1.54) is 7.11 Å². The minimum Gasteiger partial charge on any atom is -0.467 e. The smallest absolute Gasteiger partial charge is 0.331 e. The zero-order chi connectivity index (χ0) is 16.5. The van der Waals surface area contributed by atoms with Gasteiger partial charge in [-0.05, 0) is 21.9 Å². The predicted octanol–water partition coefficient (Wildman–Crippen LogP) is 3.97. The molecular formula is C21H17NO2. The Balaban J connectivity index is 1.86. The van der Waals surface area contributed by atoms with Crippen molar-refractivity contribution >= 4 is 22.5 Å². The molecule has 0 aliphatic carbocycles. The molecule has 3 aromatic rings. The number of rotatable bonds is 3. The number of fused-ring (bicyclic) bond motifs is 1. The molecule has 1 aliphatic rings. The number of hydrogen-bond acceptors (Lipinski definition) is 3. The number of esters is 1. The summed E-state index contributed by atoms with van der Waals surface area (Å²) in [5, 5.41) is 2.32. The summed E-state index contributed by atoms with van der Waals surface area (Å²) in [6.07, 6.45) is 0. The van der Waals surface area contributed by atoms with Crippen LogP contribution in [0.5, 0.6) is 0 Å². The second kappa shape index (κ2) is 5.93. The van der Waals surface area contributed by atoms with E-state index in [4.69, 9.17) is 4.74 Å². The molecule has 3 nitrogen and oxygen atoms in total. The second-order valence-corrected chi connectivity index (χ2v) is 5.89. The van der Waals surface area contributed by atoms with Crippen molar-refractivity contribution in [2.45, 2.75) is 12.0 Å². The van der Waals surface area contributed by atoms with Gasteiger partial charge in [0, 0.05) is 0 Å². The Bertz CT molecular complexity index is 925. The fourth-order valence-corrected chi connectivity index (χ4v) is 3.38. The van der Waals surface area contributed by atoms with Gasteiger partial charge in [0.25, 0.3) is 0 Å². The minimum absolute atomic E-state index is 0.0778. The van der Waals surface area contributed by atoms with Crippen LogP contribution in [-0.2, 0) is 9.53 Å². The van der Waals surface area contributed by atoms with Crippen LogP contribution in [0.2, 0.25) is 0 Å². The highest BCUT2D eigenvalue weighted by Gasteiger charge is 2.42. The first-order chi connectivity index (χ1) is 11.8. The van der Waals surface area contributed by atoms with E-state index in [9.17, 15) is 4.79 Å². The Morgan fingerprint density at radius 2 is 1.62 bits per heavy atom. The number of carbonyl (C=O) groups excluding carboxylic acids is 1. The lowest BCUT2D eigenvalue weighted by Crippen LogP contribution is -2.42. The highest BCUT2D eigenvalue weighted by atomic mass is 16.5. The van der Waals surface area contributed by atoms with Gasteiger partial charge in [-0.1, -0.05) is 72.8 Å². The van der Waals surface area contributed by atoms with Crippen LogP contribution in [0.1, 0.15) is 17.0 Å². The summed E-state index contributed by atoms with van der Waals surface area (Å²) in [5.41, 5.74) is 3.12. The highest BCUT2D eigenvalue weighted by Crippen LogP contribution is 2.39. The molecule has 118 valence electrons. The lowest BCUT2D eigenvalue weighted by atomic mass is 9.77. The van der Waals surface area contributed by atoms with Gasteiger partial charge in [-0.15, -0.1) is 0 Å². The maximum Gasteiger partial charge on any atom is 0.331 e. The Hall–Kier alpha value is -2.94. The van der Waals surface area contributed by atoms with Crippen molar-refractivity contribution < 1.29 is 9.53 Å². The molecule has 0 bridgehead atoms. The molecule has 0 aromatic heterocycles. The number of ether oxygens (including phenoxy) is 1. The van der Waals surface area contributed by atoms with Gasteiger partial charge >= 0.3 is 5.97 Å². The van der Waals surface area contributed by atoms with Crippen molar-refractivity contribution in [3.8, 4) is 0 Å². The molecule has 3 heteroatoms. The molecular weight excluding hydrogens is 298 g/mol. The van der Waals surface area contributed by atoms with E-state index in [0.29, 0.717) is 0 Å². The normalized spacial score (nSPS) is 19.5. The van der Waals surface area contributed by atoms with Gasteiger partial charge in [0.2, 0.25) is 0 Å². The van der Waals surface area contributed by atoms with E-state index in [0.717, 1.165) is 27.6 Å². The molecule has 1 aliphatic heterocycles. The fourth-order valence-electron chi connectivity index (χ4n) is 3.38. The molecule has 0 spiro atoms. The highest BCUT2D eigenvalue weighted by molar-refractivity contribution is 6.14. The summed E-state index contributed by atoms with van der Waals surface area (Å²) in [6.45, 7) is 0. The topological polar surface area (TPSA) is 38.7 Å². The first kappa shape index (κ1) is 14.6. The monoisotopic (exact) mass is 315 g/mol. The van der Waals surface area contributed by atoms with Crippen molar-refractivity contribution in [2.24, 2.45) is 4.99 Å². The molecule has 3 aromatic carbocycles. The van der Waals surface area contributed by atoms with Crippen LogP contribution in [0.4, 0.5) is 0 Å². The van der Waals surface area contributed by atoms with E-state index in [2.05, 4.69) is 29.3 Å². The number of benzene rings is 3. The third-order valence-corrected chi connectivity index (χ3v) is 4.56. The summed E-state index contributed by atoms with van der Waals surface area (Å²) in [6, 6.07) is 24.0. The summed E-state index contributed by atoms with van der Waals surface area (Å²) < 4.78 is 4.96. The molecule has 2 atom stereocenters. The molecule has 0 radical (unpaired) electrons. The van der Waals surface area contributed by atoms with Gasteiger partial charge in [0.15, 0.2) is 6.04 Å². The van der Waals surface area contributed by atoms with Crippen molar-refractivity contribution in [1.29, 1.82) is 0 Å². The fraction of sp³-hybridized carbons (Fsp3) is 0.143. The van der Waals surface area contributed by atoms with Gasteiger partial charge in [-0.25, -0.2) is 4.79 Å². The maximum absolute atomic E-state index is 12.2. The van der Waals surface area contributed by atoms with Gasteiger partial charge in [-0.3, -0.25) is 4.99 Å². The maximum atomic E-state index is 12.2. The molecule has 4 rings (SSSR count). The number of aliphatic imine (C=N–C) groups is 1.